The lowest BCUT2D eigenvalue weighted by molar-refractivity contribution is 0.0723. The molecule has 0 saturated carbocycles. The number of amides is 1. The number of hydrogen-bond donors (Lipinski definition) is 0. The fraction of sp³-hybridized carbons (Fsp3) is 0.350. The van der Waals surface area contributed by atoms with Gasteiger partial charge in [-0.25, -0.2) is 9.97 Å². The molecule has 1 aliphatic rings. The van der Waals surface area contributed by atoms with Gasteiger partial charge in [0, 0.05) is 19.3 Å². The summed E-state index contributed by atoms with van der Waals surface area (Å²) in [6.07, 6.45) is 5.60. The monoisotopic (exact) mass is 366 g/mol. The second-order valence-corrected chi connectivity index (χ2v) is 7.91. The quantitative estimate of drug-likeness (QED) is 0.710. The predicted molar refractivity (Wildman–Crippen MR) is 106 cm³/mol. The summed E-state index contributed by atoms with van der Waals surface area (Å²) in [7, 11) is 1.90. The number of thioether (sulfide) groups is 1. The smallest absolute Gasteiger partial charge is 0.255 e. The molecule has 3 aromatic rings. The highest BCUT2D eigenvalue weighted by Gasteiger charge is 2.24. The first-order chi connectivity index (χ1) is 12.7. The predicted octanol–water partition coefficient (Wildman–Crippen LogP) is 3.45. The van der Waals surface area contributed by atoms with Crippen molar-refractivity contribution in [2.75, 3.05) is 18.6 Å². The third-order valence-electron chi connectivity index (χ3n) is 4.96. The number of fused-ring (bicyclic) bond motifs is 1. The Bertz CT molecular complexity index is 903. The third kappa shape index (κ3) is 3.46. The van der Waals surface area contributed by atoms with Crippen molar-refractivity contribution in [3.63, 3.8) is 0 Å². The molecule has 0 bridgehead atoms. The third-order valence-corrected chi connectivity index (χ3v) is 6.01. The van der Waals surface area contributed by atoms with Gasteiger partial charge < -0.3 is 9.47 Å². The number of carbonyl (C=O) groups is 1. The number of rotatable bonds is 4. The van der Waals surface area contributed by atoms with Gasteiger partial charge in [0.05, 0.1) is 18.4 Å². The van der Waals surface area contributed by atoms with Crippen LogP contribution in [-0.2, 0) is 6.54 Å². The summed E-state index contributed by atoms with van der Waals surface area (Å²) in [5.74, 6) is 2.29. The molecule has 1 aliphatic heterocycles. The molecule has 3 heterocycles. The van der Waals surface area contributed by atoms with E-state index in [9.17, 15) is 4.79 Å². The van der Waals surface area contributed by atoms with Crippen molar-refractivity contribution in [2.24, 2.45) is 0 Å². The highest BCUT2D eigenvalue weighted by Crippen LogP contribution is 2.23. The maximum atomic E-state index is 12.8. The Morgan fingerprint density at radius 2 is 2.00 bits per heavy atom. The molecule has 5 nitrogen and oxygen atoms in total. The Morgan fingerprint density at radius 3 is 2.77 bits per heavy atom. The van der Waals surface area contributed by atoms with Crippen molar-refractivity contribution >= 4 is 28.8 Å². The number of imidazole rings is 1. The minimum absolute atomic E-state index is 0.0360. The normalized spacial score (nSPS) is 15.3. The van der Waals surface area contributed by atoms with Crippen LogP contribution in [0.3, 0.4) is 0 Å². The van der Waals surface area contributed by atoms with Gasteiger partial charge in [0.25, 0.3) is 5.91 Å². The van der Waals surface area contributed by atoms with Crippen molar-refractivity contribution in [1.29, 1.82) is 0 Å². The van der Waals surface area contributed by atoms with Crippen molar-refractivity contribution in [2.45, 2.75) is 25.4 Å². The van der Waals surface area contributed by atoms with Crippen LogP contribution >= 0.6 is 11.8 Å². The molecule has 0 spiro atoms. The number of carbonyl (C=O) groups excluding carboxylic acids is 1. The Balaban J connectivity index is 1.55. The van der Waals surface area contributed by atoms with E-state index in [0.717, 1.165) is 42.1 Å². The molecule has 0 radical (unpaired) electrons. The number of aromatic nitrogens is 3. The van der Waals surface area contributed by atoms with Crippen molar-refractivity contribution < 1.29 is 4.79 Å². The van der Waals surface area contributed by atoms with Crippen LogP contribution in [-0.4, -0.2) is 49.9 Å². The highest BCUT2D eigenvalue weighted by atomic mass is 32.2. The van der Waals surface area contributed by atoms with Gasteiger partial charge in [-0.2, -0.15) is 11.8 Å². The SMILES string of the molecule is CN(C(=O)c1cnc2c(c1)ncn2Cc1ccccc1)C1CCSCC1. The lowest BCUT2D eigenvalue weighted by Crippen LogP contribution is -2.39. The number of hydrogen-bond acceptors (Lipinski definition) is 4. The summed E-state index contributed by atoms with van der Waals surface area (Å²) in [6.45, 7) is 0.720. The van der Waals surface area contributed by atoms with Crippen LogP contribution in [0.5, 0.6) is 0 Å². The van der Waals surface area contributed by atoms with Crippen LogP contribution in [0.2, 0.25) is 0 Å². The molecule has 4 rings (SSSR count). The molecule has 26 heavy (non-hydrogen) atoms. The van der Waals surface area contributed by atoms with Gasteiger partial charge in [0.15, 0.2) is 5.65 Å². The van der Waals surface area contributed by atoms with Crippen LogP contribution in [0.1, 0.15) is 28.8 Å². The lowest BCUT2D eigenvalue weighted by Gasteiger charge is -2.31. The molecular weight excluding hydrogens is 344 g/mol. The molecule has 0 unspecified atom stereocenters. The largest absolute Gasteiger partial charge is 0.339 e. The van der Waals surface area contributed by atoms with Gasteiger partial charge in [0.1, 0.15) is 5.52 Å². The van der Waals surface area contributed by atoms with E-state index in [0.29, 0.717) is 11.6 Å². The second kappa shape index (κ2) is 7.50. The summed E-state index contributed by atoms with van der Waals surface area (Å²) in [4.78, 5) is 23.7. The van der Waals surface area contributed by atoms with E-state index >= 15 is 0 Å². The molecule has 134 valence electrons. The van der Waals surface area contributed by atoms with Crippen LogP contribution in [0, 0.1) is 0 Å². The Kier molecular flexibility index (Phi) is 4.93. The first-order valence-electron chi connectivity index (χ1n) is 8.92. The standard InChI is InChI=1S/C20H22N4OS/c1-23(17-7-9-26-10-8-17)20(25)16-11-18-19(21-12-16)24(14-22-18)13-15-5-3-2-4-6-15/h2-6,11-12,14,17H,7-10,13H2,1H3. The van der Waals surface area contributed by atoms with Gasteiger partial charge in [-0.15, -0.1) is 0 Å². The molecule has 2 aromatic heterocycles. The zero-order valence-corrected chi connectivity index (χ0v) is 15.7. The number of benzene rings is 1. The molecule has 0 aliphatic carbocycles. The average molecular weight is 366 g/mol. The van der Waals surface area contributed by atoms with Crippen LogP contribution in [0.4, 0.5) is 0 Å². The van der Waals surface area contributed by atoms with E-state index in [1.165, 1.54) is 5.56 Å². The van der Waals surface area contributed by atoms with Crippen LogP contribution in [0.25, 0.3) is 11.2 Å². The molecule has 6 heteroatoms. The molecule has 1 amide bonds. The van der Waals surface area contributed by atoms with Gasteiger partial charge in [-0.1, -0.05) is 30.3 Å². The zero-order chi connectivity index (χ0) is 17.9. The summed E-state index contributed by atoms with van der Waals surface area (Å²) >= 11 is 1.97. The molecule has 0 N–H and O–H groups in total. The minimum Gasteiger partial charge on any atom is -0.339 e. The topological polar surface area (TPSA) is 51.0 Å². The fourth-order valence-corrected chi connectivity index (χ4v) is 4.49. The van der Waals surface area contributed by atoms with E-state index < -0.39 is 0 Å². The summed E-state index contributed by atoms with van der Waals surface area (Å²) in [6, 6.07) is 12.4. The highest BCUT2D eigenvalue weighted by molar-refractivity contribution is 7.99. The first-order valence-corrected chi connectivity index (χ1v) is 10.1. The minimum atomic E-state index is 0.0360. The maximum absolute atomic E-state index is 12.8. The average Bonchev–Trinajstić information content (AvgIpc) is 3.10. The Hall–Kier alpha value is -2.34. The van der Waals surface area contributed by atoms with Crippen LogP contribution in [0.15, 0.2) is 48.9 Å². The molecule has 0 atom stereocenters. The molecule has 1 fully saturated rings. The van der Waals surface area contributed by atoms with E-state index in [1.54, 1.807) is 12.5 Å². The van der Waals surface area contributed by atoms with E-state index in [2.05, 4.69) is 22.1 Å². The molecular formula is C20H22N4OS. The van der Waals surface area contributed by atoms with Crippen molar-refractivity contribution in [3.05, 3.63) is 60.0 Å². The van der Waals surface area contributed by atoms with Gasteiger partial charge in [0.2, 0.25) is 0 Å². The van der Waals surface area contributed by atoms with Gasteiger partial charge >= 0.3 is 0 Å². The zero-order valence-electron chi connectivity index (χ0n) is 14.8. The molecule has 1 aromatic carbocycles. The number of nitrogens with zero attached hydrogens (tertiary/aromatic N) is 4. The van der Waals surface area contributed by atoms with Crippen LogP contribution < -0.4 is 0 Å². The maximum Gasteiger partial charge on any atom is 0.255 e. The summed E-state index contributed by atoms with van der Waals surface area (Å²) in [5.41, 5.74) is 3.38. The fourth-order valence-electron chi connectivity index (χ4n) is 3.40. The summed E-state index contributed by atoms with van der Waals surface area (Å²) in [5, 5.41) is 0. The Morgan fingerprint density at radius 1 is 1.23 bits per heavy atom. The van der Waals surface area contributed by atoms with E-state index in [4.69, 9.17) is 0 Å². The summed E-state index contributed by atoms with van der Waals surface area (Å²) < 4.78 is 2.01. The molecule has 1 saturated heterocycles. The first kappa shape index (κ1) is 17.1. The van der Waals surface area contributed by atoms with Crippen molar-refractivity contribution in [3.8, 4) is 0 Å². The lowest BCUT2D eigenvalue weighted by atomic mass is 10.1. The van der Waals surface area contributed by atoms with Gasteiger partial charge in [-0.3, -0.25) is 4.79 Å². The Labute approximate surface area is 157 Å². The van der Waals surface area contributed by atoms with Crippen molar-refractivity contribution in [1.82, 2.24) is 19.4 Å². The number of pyridine rings is 1. The second-order valence-electron chi connectivity index (χ2n) is 6.68. The van der Waals surface area contributed by atoms with E-state index in [1.807, 2.05) is 52.5 Å². The van der Waals surface area contributed by atoms with Gasteiger partial charge in [-0.05, 0) is 36.0 Å². The van der Waals surface area contributed by atoms with E-state index in [-0.39, 0.29) is 5.91 Å².